The van der Waals surface area contributed by atoms with Gasteiger partial charge in [-0.15, -0.1) is 5.10 Å². The number of amides is 1. The summed E-state index contributed by atoms with van der Waals surface area (Å²) in [5.74, 6) is -0.233. The van der Waals surface area contributed by atoms with Crippen molar-refractivity contribution in [2.24, 2.45) is 0 Å². The van der Waals surface area contributed by atoms with Gasteiger partial charge in [0, 0.05) is 20.5 Å². The quantitative estimate of drug-likeness (QED) is 0.583. The van der Waals surface area contributed by atoms with Crippen LogP contribution < -0.4 is 5.32 Å². The molecule has 30 heavy (non-hydrogen) atoms. The number of hydrogen-bond donors (Lipinski definition) is 1. The van der Waals surface area contributed by atoms with E-state index < -0.39 is 16.1 Å². The average molecular weight is 429 g/mol. The Morgan fingerprint density at radius 1 is 1.10 bits per heavy atom. The molecule has 0 saturated heterocycles. The van der Waals surface area contributed by atoms with Crippen molar-refractivity contribution in [3.05, 3.63) is 72.1 Å². The maximum Gasteiger partial charge on any atom is 0.245 e. The molecule has 1 amide bonds. The molecule has 3 rings (SSSR count). The summed E-state index contributed by atoms with van der Waals surface area (Å²) in [7, 11) is -0.531. The van der Waals surface area contributed by atoms with Crippen LogP contribution in [0.25, 0.3) is 0 Å². The third kappa shape index (κ3) is 4.89. The Hall–Kier alpha value is -3.11. The number of hydrogen-bond acceptors (Lipinski definition) is 6. The van der Waals surface area contributed by atoms with Crippen LogP contribution in [0.1, 0.15) is 30.1 Å². The zero-order valence-electron chi connectivity index (χ0n) is 17.0. The fourth-order valence-corrected chi connectivity index (χ4v) is 3.89. The van der Waals surface area contributed by atoms with E-state index in [2.05, 4.69) is 20.8 Å². The third-order valence-electron chi connectivity index (χ3n) is 4.78. The summed E-state index contributed by atoms with van der Waals surface area (Å²) in [5, 5.41) is 14.1. The lowest BCUT2D eigenvalue weighted by Crippen LogP contribution is -2.36. The van der Waals surface area contributed by atoms with Crippen LogP contribution >= 0.6 is 0 Å². The van der Waals surface area contributed by atoms with E-state index >= 15 is 0 Å². The first-order valence-corrected chi connectivity index (χ1v) is 10.8. The second-order valence-electron chi connectivity index (χ2n) is 7.08. The van der Waals surface area contributed by atoms with Crippen molar-refractivity contribution in [2.45, 2.75) is 30.3 Å². The molecule has 2 aromatic carbocycles. The van der Waals surface area contributed by atoms with E-state index in [1.54, 1.807) is 12.1 Å². The molecule has 1 aromatic heterocycles. The molecule has 0 aliphatic rings. The maximum atomic E-state index is 13.0. The van der Waals surface area contributed by atoms with Crippen LogP contribution in [0.3, 0.4) is 0 Å². The van der Waals surface area contributed by atoms with Crippen molar-refractivity contribution < 1.29 is 13.2 Å². The average Bonchev–Trinajstić information content (AvgIpc) is 3.27. The first kappa shape index (κ1) is 21.6. The van der Waals surface area contributed by atoms with Gasteiger partial charge in [-0.05, 0) is 40.6 Å². The van der Waals surface area contributed by atoms with Crippen LogP contribution in [0.5, 0.6) is 0 Å². The van der Waals surface area contributed by atoms with E-state index in [1.807, 2.05) is 37.3 Å². The lowest BCUT2D eigenvalue weighted by molar-refractivity contribution is -0.125. The topological polar surface area (TPSA) is 110 Å². The second kappa shape index (κ2) is 9.14. The summed E-state index contributed by atoms with van der Waals surface area (Å²) in [6, 6.07) is 15.2. The van der Waals surface area contributed by atoms with Gasteiger partial charge in [-0.3, -0.25) is 4.79 Å². The van der Waals surface area contributed by atoms with Crippen molar-refractivity contribution in [1.82, 2.24) is 29.8 Å². The summed E-state index contributed by atoms with van der Waals surface area (Å²) in [4.78, 5) is 13.2. The van der Waals surface area contributed by atoms with Crippen LogP contribution in [-0.2, 0) is 21.2 Å². The summed E-state index contributed by atoms with van der Waals surface area (Å²) in [6.07, 6.45) is 1.85. The van der Waals surface area contributed by atoms with Crippen molar-refractivity contribution in [2.75, 3.05) is 14.1 Å². The molecule has 0 bridgehead atoms. The van der Waals surface area contributed by atoms with Crippen molar-refractivity contribution in [3.63, 3.8) is 0 Å². The minimum absolute atomic E-state index is 0.199. The summed E-state index contributed by atoms with van der Waals surface area (Å²) < 4.78 is 27.0. The van der Waals surface area contributed by atoms with Gasteiger partial charge in [-0.2, -0.15) is 0 Å². The van der Waals surface area contributed by atoms with E-state index in [0.717, 1.165) is 15.4 Å². The van der Waals surface area contributed by atoms with Crippen molar-refractivity contribution >= 4 is 15.9 Å². The number of carbonyl (C=O) groups is 1. The van der Waals surface area contributed by atoms with Crippen LogP contribution in [0.15, 0.2) is 65.8 Å². The van der Waals surface area contributed by atoms with Crippen LogP contribution in [0.2, 0.25) is 0 Å². The number of aromatic nitrogens is 4. The Morgan fingerprint density at radius 2 is 1.77 bits per heavy atom. The van der Waals surface area contributed by atoms with Gasteiger partial charge >= 0.3 is 0 Å². The molecule has 0 fully saturated rings. The van der Waals surface area contributed by atoms with Gasteiger partial charge < -0.3 is 5.32 Å². The fraction of sp³-hybridized carbons (Fsp3) is 0.300. The van der Waals surface area contributed by atoms with Gasteiger partial charge in [0.25, 0.3) is 0 Å². The highest BCUT2D eigenvalue weighted by molar-refractivity contribution is 7.89. The Kier molecular flexibility index (Phi) is 6.58. The molecule has 0 radical (unpaired) electrons. The Morgan fingerprint density at radius 3 is 2.33 bits per heavy atom. The SMILES string of the molecule is CC(NC(=O)C(Cc1ccccc1)n1cnnn1)c1ccc(S(=O)(=O)N(C)C)cc1. The Bertz CT molecular complexity index is 1070. The van der Waals surface area contributed by atoms with Crippen LogP contribution in [0.4, 0.5) is 0 Å². The molecule has 0 aliphatic heterocycles. The molecule has 3 aromatic rings. The smallest absolute Gasteiger partial charge is 0.245 e. The first-order chi connectivity index (χ1) is 14.3. The predicted octanol–water partition coefficient (Wildman–Crippen LogP) is 1.58. The van der Waals surface area contributed by atoms with Crippen molar-refractivity contribution in [1.29, 1.82) is 0 Å². The Labute approximate surface area is 175 Å². The van der Waals surface area contributed by atoms with E-state index in [-0.39, 0.29) is 16.8 Å². The van der Waals surface area contributed by atoms with Crippen molar-refractivity contribution in [3.8, 4) is 0 Å². The Balaban J connectivity index is 1.75. The highest BCUT2D eigenvalue weighted by atomic mass is 32.2. The van der Waals surface area contributed by atoms with Gasteiger partial charge in [0.15, 0.2) is 0 Å². The van der Waals surface area contributed by atoms with Gasteiger partial charge in [-0.1, -0.05) is 42.5 Å². The molecule has 0 aliphatic carbocycles. The monoisotopic (exact) mass is 428 g/mol. The summed E-state index contributed by atoms with van der Waals surface area (Å²) >= 11 is 0. The first-order valence-electron chi connectivity index (χ1n) is 9.38. The van der Waals surface area contributed by atoms with E-state index in [0.29, 0.717) is 6.42 Å². The zero-order chi connectivity index (χ0) is 21.7. The molecule has 0 saturated carbocycles. The van der Waals surface area contributed by atoms with Gasteiger partial charge in [0.05, 0.1) is 10.9 Å². The van der Waals surface area contributed by atoms with Crippen LogP contribution in [0, 0.1) is 0 Å². The highest BCUT2D eigenvalue weighted by Crippen LogP contribution is 2.20. The number of benzene rings is 2. The number of tetrazole rings is 1. The largest absolute Gasteiger partial charge is 0.348 e. The molecule has 1 N–H and O–H groups in total. The molecule has 2 atom stereocenters. The van der Waals surface area contributed by atoms with Crippen LogP contribution in [-0.4, -0.2) is 52.9 Å². The highest BCUT2D eigenvalue weighted by Gasteiger charge is 2.24. The number of nitrogens with one attached hydrogen (secondary N) is 1. The zero-order valence-corrected chi connectivity index (χ0v) is 17.8. The lowest BCUT2D eigenvalue weighted by Gasteiger charge is -2.21. The fourth-order valence-electron chi connectivity index (χ4n) is 2.99. The minimum atomic E-state index is -3.50. The normalized spacial score (nSPS) is 13.7. The molecule has 1 heterocycles. The second-order valence-corrected chi connectivity index (χ2v) is 9.23. The number of rotatable bonds is 8. The molecule has 0 spiro atoms. The van der Waals surface area contributed by atoms with Gasteiger partial charge in [0.2, 0.25) is 15.9 Å². The summed E-state index contributed by atoms with van der Waals surface area (Å²) in [6.45, 7) is 1.84. The van der Waals surface area contributed by atoms with E-state index in [1.165, 1.54) is 37.2 Å². The standard InChI is InChI=1S/C20H24N6O3S/c1-15(17-9-11-18(12-10-17)30(28,29)25(2)3)22-20(27)19(26-14-21-23-24-26)13-16-7-5-4-6-8-16/h4-12,14-15,19H,13H2,1-3H3,(H,22,27). The summed E-state index contributed by atoms with van der Waals surface area (Å²) in [5.41, 5.74) is 1.77. The number of nitrogens with zero attached hydrogens (tertiary/aromatic N) is 5. The molecular weight excluding hydrogens is 404 g/mol. The number of carbonyl (C=O) groups excluding carboxylic acids is 1. The predicted molar refractivity (Wildman–Crippen MR) is 111 cm³/mol. The van der Waals surface area contributed by atoms with E-state index in [4.69, 9.17) is 0 Å². The maximum absolute atomic E-state index is 13.0. The van der Waals surface area contributed by atoms with Gasteiger partial charge in [-0.25, -0.2) is 17.4 Å². The third-order valence-corrected chi connectivity index (χ3v) is 6.61. The molecular formula is C20H24N6O3S. The minimum Gasteiger partial charge on any atom is -0.348 e. The number of sulfonamides is 1. The van der Waals surface area contributed by atoms with Gasteiger partial charge in [0.1, 0.15) is 12.4 Å². The van der Waals surface area contributed by atoms with E-state index in [9.17, 15) is 13.2 Å². The molecule has 158 valence electrons. The lowest BCUT2D eigenvalue weighted by atomic mass is 10.0. The molecule has 9 nitrogen and oxygen atoms in total. The molecule has 10 heteroatoms. The molecule has 2 unspecified atom stereocenters.